The van der Waals surface area contributed by atoms with E-state index in [4.69, 9.17) is 0 Å². The Hall–Kier alpha value is -1.16. The maximum absolute atomic E-state index is 3.54. The average Bonchev–Trinajstić information content (AvgIpc) is 2.94. The molecule has 1 aromatic heterocycles. The first-order valence-electron chi connectivity index (χ1n) is 7.33. The molecule has 1 aliphatic rings. The fraction of sp³-hybridized carbons (Fsp3) is 0.412. The largest absolute Gasteiger partial charge is 0.314 e. The van der Waals surface area contributed by atoms with Gasteiger partial charge in [-0.05, 0) is 31.5 Å². The van der Waals surface area contributed by atoms with Crippen molar-refractivity contribution >= 4 is 11.3 Å². The minimum Gasteiger partial charge on any atom is -0.314 e. The van der Waals surface area contributed by atoms with Crippen LogP contribution in [0, 0.1) is 6.92 Å². The third-order valence-electron chi connectivity index (χ3n) is 4.14. The van der Waals surface area contributed by atoms with Crippen molar-refractivity contribution in [3.63, 3.8) is 0 Å². The molecule has 2 heterocycles. The van der Waals surface area contributed by atoms with Crippen LogP contribution in [0.5, 0.6) is 0 Å². The van der Waals surface area contributed by atoms with Gasteiger partial charge in [0.15, 0.2) is 0 Å². The van der Waals surface area contributed by atoms with Crippen molar-refractivity contribution in [2.45, 2.75) is 25.9 Å². The van der Waals surface area contributed by atoms with Crippen LogP contribution in [-0.2, 0) is 0 Å². The summed E-state index contributed by atoms with van der Waals surface area (Å²) in [7, 11) is 0. The SMILES string of the molecule is Cc1ccc(C(C)N2CCNCC2c2ccccc2)s1. The highest BCUT2D eigenvalue weighted by molar-refractivity contribution is 7.12. The topological polar surface area (TPSA) is 15.3 Å². The molecule has 2 atom stereocenters. The van der Waals surface area contributed by atoms with Crippen molar-refractivity contribution in [2.75, 3.05) is 19.6 Å². The van der Waals surface area contributed by atoms with Crippen molar-refractivity contribution < 1.29 is 0 Å². The number of rotatable bonds is 3. The van der Waals surface area contributed by atoms with Gasteiger partial charge in [0, 0.05) is 41.5 Å². The van der Waals surface area contributed by atoms with Crippen molar-refractivity contribution in [3.8, 4) is 0 Å². The molecule has 1 aliphatic heterocycles. The summed E-state index contributed by atoms with van der Waals surface area (Å²) in [5.41, 5.74) is 1.42. The number of benzene rings is 1. The molecule has 1 aromatic carbocycles. The Morgan fingerprint density at radius 1 is 1.20 bits per heavy atom. The Balaban J connectivity index is 1.85. The van der Waals surface area contributed by atoms with Crippen LogP contribution >= 0.6 is 11.3 Å². The van der Waals surface area contributed by atoms with Gasteiger partial charge in [-0.25, -0.2) is 0 Å². The molecule has 20 heavy (non-hydrogen) atoms. The number of nitrogens with one attached hydrogen (secondary N) is 1. The summed E-state index contributed by atoms with van der Waals surface area (Å²) in [6.07, 6.45) is 0. The summed E-state index contributed by atoms with van der Waals surface area (Å²) in [6, 6.07) is 16.3. The highest BCUT2D eigenvalue weighted by Gasteiger charge is 2.28. The quantitative estimate of drug-likeness (QED) is 0.924. The zero-order valence-electron chi connectivity index (χ0n) is 12.2. The Kier molecular flexibility index (Phi) is 4.20. The third kappa shape index (κ3) is 2.80. The molecule has 0 bridgehead atoms. The van der Waals surface area contributed by atoms with Gasteiger partial charge in [-0.15, -0.1) is 11.3 Å². The molecule has 0 radical (unpaired) electrons. The molecule has 0 saturated carbocycles. The van der Waals surface area contributed by atoms with Crippen LogP contribution in [0.2, 0.25) is 0 Å². The van der Waals surface area contributed by atoms with Gasteiger partial charge in [-0.3, -0.25) is 4.90 Å². The predicted octanol–water partition coefficient (Wildman–Crippen LogP) is 3.76. The van der Waals surface area contributed by atoms with E-state index in [0.29, 0.717) is 12.1 Å². The number of aryl methyl sites for hydroxylation is 1. The van der Waals surface area contributed by atoms with Crippen LogP contribution in [0.15, 0.2) is 42.5 Å². The Morgan fingerprint density at radius 2 is 2.00 bits per heavy atom. The standard InChI is InChI=1S/C17H22N2S/c1-13-8-9-17(20-13)14(2)19-11-10-18-12-16(19)15-6-4-3-5-7-15/h3-9,14,16,18H,10-12H2,1-2H3. The number of piperazine rings is 1. The molecule has 2 unspecified atom stereocenters. The smallest absolute Gasteiger partial charge is 0.0479 e. The normalized spacial score (nSPS) is 21.8. The third-order valence-corrected chi connectivity index (χ3v) is 5.31. The van der Waals surface area contributed by atoms with Crippen molar-refractivity contribution in [2.24, 2.45) is 0 Å². The van der Waals surface area contributed by atoms with E-state index in [1.807, 2.05) is 11.3 Å². The Labute approximate surface area is 125 Å². The highest BCUT2D eigenvalue weighted by Crippen LogP contribution is 2.34. The van der Waals surface area contributed by atoms with Gasteiger partial charge in [0.2, 0.25) is 0 Å². The molecular formula is C17H22N2S. The molecule has 1 fully saturated rings. The Morgan fingerprint density at radius 3 is 2.70 bits per heavy atom. The van der Waals surface area contributed by atoms with Crippen LogP contribution < -0.4 is 5.32 Å². The Bertz CT molecular complexity index is 549. The van der Waals surface area contributed by atoms with E-state index in [1.54, 1.807) is 0 Å². The average molecular weight is 286 g/mol. The van der Waals surface area contributed by atoms with Gasteiger partial charge in [-0.1, -0.05) is 30.3 Å². The van der Waals surface area contributed by atoms with Gasteiger partial charge in [0.05, 0.1) is 0 Å². The second kappa shape index (κ2) is 6.08. The van der Waals surface area contributed by atoms with E-state index in [0.717, 1.165) is 19.6 Å². The van der Waals surface area contributed by atoms with E-state index in [1.165, 1.54) is 15.3 Å². The van der Waals surface area contributed by atoms with Crippen molar-refractivity contribution in [1.29, 1.82) is 0 Å². The summed E-state index contributed by atoms with van der Waals surface area (Å²) in [4.78, 5) is 5.51. The first-order valence-corrected chi connectivity index (χ1v) is 8.15. The second-order valence-electron chi connectivity index (χ2n) is 5.49. The molecule has 1 saturated heterocycles. The molecule has 3 rings (SSSR count). The van der Waals surface area contributed by atoms with Crippen molar-refractivity contribution in [3.05, 3.63) is 57.8 Å². The number of thiophene rings is 1. The van der Waals surface area contributed by atoms with Gasteiger partial charge in [-0.2, -0.15) is 0 Å². The van der Waals surface area contributed by atoms with Crippen LogP contribution in [-0.4, -0.2) is 24.5 Å². The molecule has 2 aromatic rings. The molecule has 2 nitrogen and oxygen atoms in total. The van der Waals surface area contributed by atoms with E-state index in [2.05, 4.69) is 66.5 Å². The first-order chi connectivity index (χ1) is 9.75. The minimum atomic E-state index is 0.474. The van der Waals surface area contributed by atoms with Crippen LogP contribution in [0.4, 0.5) is 0 Å². The minimum absolute atomic E-state index is 0.474. The first kappa shape index (κ1) is 13.8. The van der Waals surface area contributed by atoms with E-state index < -0.39 is 0 Å². The predicted molar refractivity (Wildman–Crippen MR) is 86.2 cm³/mol. The molecule has 0 spiro atoms. The maximum atomic E-state index is 3.54. The fourth-order valence-electron chi connectivity index (χ4n) is 3.01. The number of nitrogens with zero attached hydrogens (tertiary/aromatic N) is 1. The summed E-state index contributed by atoms with van der Waals surface area (Å²) in [6.45, 7) is 7.76. The second-order valence-corrected chi connectivity index (χ2v) is 6.81. The lowest BCUT2D eigenvalue weighted by atomic mass is 10.0. The zero-order valence-corrected chi connectivity index (χ0v) is 13.0. The fourth-order valence-corrected chi connectivity index (χ4v) is 3.96. The van der Waals surface area contributed by atoms with E-state index in [9.17, 15) is 0 Å². The van der Waals surface area contributed by atoms with E-state index >= 15 is 0 Å². The zero-order chi connectivity index (χ0) is 13.9. The molecule has 0 aliphatic carbocycles. The lowest BCUT2D eigenvalue weighted by molar-refractivity contribution is 0.117. The van der Waals surface area contributed by atoms with Crippen LogP contribution in [0.1, 0.15) is 34.3 Å². The molecular weight excluding hydrogens is 264 g/mol. The monoisotopic (exact) mass is 286 g/mol. The lowest BCUT2D eigenvalue weighted by Gasteiger charge is -2.40. The van der Waals surface area contributed by atoms with Gasteiger partial charge in [0.25, 0.3) is 0 Å². The summed E-state index contributed by atoms with van der Waals surface area (Å²) in [5.74, 6) is 0. The van der Waals surface area contributed by atoms with Gasteiger partial charge in [0.1, 0.15) is 0 Å². The van der Waals surface area contributed by atoms with Gasteiger partial charge >= 0.3 is 0 Å². The summed E-state index contributed by atoms with van der Waals surface area (Å²) < 4.78 is 0. The summed E-state index contributed by atoms with van der Waals surface area (Å²) >= 11 is 1.92. The van der Waals surface area contributed by atoms with Gasteiger partial charge < -0.3 is 5.32 Å². The lowest BCUT2D eigenvalue weighted by Crippen LogP contribution is -2.46. The molecule has 0 amide bonds. The van der Waals surface area contributed by atoms with E-state index in [-0.39, 0.29) is 0 Å². The van der Waals surface area contributed by atoms with Crippen LogP contribution in [0.3, 0.4) is 0 Å². The molecule has 1 N–H and O–H groups in total. The van der Waals surface area contributed by atoms with Crippen molar-refractivity contribution in [1.82, 2.24) is 10.2 Å². The number of hydrogen-bond donors (Lipinski definition) is 1. The molecule has 106 valence electrons. The summed E-state index contributed by atoms with van der Waals surface area (Å²) in [5, 5.41) is 3.54. The number of hydrogen-bond acceptors (Lipinski definition) is 3. The molecule has 3 heteroatoms. The maximum Gasteiger partial charge on any atom is 0.0479 e. The highest BCUT2D eigenvalue weighted by atomic mass is 32.1. The van der Waals surface area contributed by atoms with Crippen LogP contribution in [0.25, 0.3) is 0 Å².